The highest BCUT2D eigenvalue weighted by atomic mass is 32.1. The van der Waals surface area contributed by atoms with Crippen LogP contribution in [0.3, 0.4) is 0 Å². The van der Waals surface area contributed by atoms with Gasteiger partial charge in [0.25, 0.3) is 0 Å². The number of fused-ring (bicyclic) bond motifs is 9. The minimum Gasteiger partial charge on any atom is -0.208 e. The summed E-state index contributed by atoms with van der Waals surface area (Å²) in [5.41, 5.74) is 9.23. The van der Waals surface area contributed by atoms with Gasteiger partial charge in [-0.25, -0.2) is 15.0 Å². The smallest absolute Gasteiger partial charge is 0.164 e. The van der Waals surface area contributed by atoms with Crippen molar-refractivity contribution in [2.75, 3.05) is 0 Å². The molecular formula is C49H35N3S2. The second kappa shape index (κ2) is 10.9. The predicted molar refractivity (Wildman–Crippen MR) is 225 cm³/mol. The number of rotatable bonds is 3. The lowest BCUT2D eigenvalue weighted by Gasteiger charge is -2.61. The number of hydrogen-bond acceptors (Lipinski definition) is 5. The molecule has 258 valence electrons. The van der Waals surface area contributed by atoms with Crippen LogP contribution in [-0.4, -0.2) is 15.0 Å². The molecule has 3 aromatic heterocycles. The third-order valence-corrected chi connectivity index (χ3v) is 16.0. The zero-order valence-corrected chi connectivity index (χ0v) is 31.3. The van der Waals surface area contributed by atoms with Crippen molar-refractivity contribution in [1.29, 1.82) is 0 Å². The van der Waals surface area contributed by atoms with E-state index in [0.717, 1.165) is 57.8 Å². The molecule has 0 aliphatic heterocycles. The Bertz CT molecular complexity index is 2880. The maximum Gasteiger partial charge on any atom is 0.164 e. The van der Waals surface area contributed by atoms with Crippen LogP contribution in [0.4, 0.5) is 0 Å². The van der Waals surface area contributed by atoms with Crippen LogP contribution in [0.5, 0.6) is 0 Å². The molecule has 9 aromatic rings. The normalized spacial score (nSPS) is 23.6. The number of thiophene rings is 2. The lowest BCUT2D eigenvalue weighted by atomic mass is 9.43. The van der Waals surface area contributed by atoms with Crippen LogP contribution < -0.4 is 0 Å². The molecule has 14 rings (SSSR count). The molecule has 0 saturated heterocycles. The van der Waals surface area contributed by atoms with E-state index in [1.807, 2.05) is 22.7 Å². The Morgan fingerprint density at radius 1 is 0.426 bits per heavy atom. The van der Waals surface area contributed by atoms with E-state index in [2.05, 4.69) is 127 Å². The summed E-state index contributed by atoms with van der Waals surface area (Å²) in [6.07, 6.45) is 7.00. The summed E-state index contributed by atoms with van der Waals surface area (Å²) in [7, 11) is 0. The lowest BCUT2D eigenvalue weighted by Crippen LogP contribution is -2.55. The highest BCUT2D eigenvalue weighted by Gasteiger charge is 2.61. The minimum absolute atomic E-state index is 0.137. The van der Waals surface area contributed by atoms with Gasteiger partial charge in [0.15, 0.2) is 17.5 Å². The van der Waals surface area contributed by atoms with Gasteiger partial charge >= 0.3 is 0 Å². The Hall–Kier alpha value is -5.23. The number of hydrogen-bond donors (Lipinski definition) is 0. The summed E-state index contributed by atoms with van der Waals surface area (Å²) >= 11 is 3.67. The van der Waals surface area contributed by atoms with Crippen molar-refractivity contribution >= 4 is 63.0 Å². The summed E-state index contributed by atoms with van der Waals surface area (Å²) in [5.74, 6) is 5.49. The average Bonchev–Trinajstić information content (AvgIpc) is 3.88. The molecule has 3 heterocycles. The molecule has 6 aromatic carbocycles. The zero-order chi connectivity index (χ0) is 35.1. The van der Waals surface area contributed by atoms with Crippen LogP contribution in [0, 0.1) is 23.7 Å². The fourth-order valence-electron chi connectivity index (χ4n) is 12.0. The maximum atomic E-state index is 5.41. The highest BCUT2D eigenvalue weighted by molar-refractivity contribution is 7.26. The molecule has 5 heteroatoms. The largest absolute Gasteiger partial charge is 0.208 e. The molecule has 0 atom stereocenters. The first-order valence-electron chi connectivity index (χ1n) is 19.5. The standard InChI is InChI=1S/C49H35N3S2/c1-4-14-38-32(9-1)37-26-29(19-20-39(37)49(38)30-22-27-21-28(24-30)25-31(49)23-27)46-50-47(35-12-7-17-42-44(35)33-10-2-5-15-40(33)53-42)52-48(51-46)36-13-8-18-43-45(36)34-11-3-6-16-41(34)54-43/h1-20,26-28,30-31H,21-25H2. The molecule has 0 amide bonds. The van der Waals surface area contributed by atoms with Gasteiger partial charge in [0.2, 0.25) is 0 Å². The summed E-state index contributed by atoms with van der Waals surface area (Å²) in [6, 6.07) is 47.2. The van der Waals surface area contributed by atoms with Crippen LogP contribution in [0.25, 0.3) is 85.6 Å². The van der Waals surface area contributed by atoms with Crippen molar-refractivity contribution in [3.63, 3.8) is 0 Å². The predicted octanol–water partition coefficient (Wildman–Crippen LogP) is 13.3. The molecule has 4 saturated carbocycles. The maximum absolute atomic E-state index is 5.41. The molecule has 1 spiro atoms. The van der Waals surface area contributed by atoms with Crippen molar-refractivity contribution in [3.05, 3.63) is 139 Å². The van der Waals surface area contributed by atoms with Crippen molar-refractivity contribution in [3.8, 4) is 45.3 Å². The Kier molecular flexibility index (Phi) is 6.10. The third kappa shape index (κ3) is 3.99. The number of benzene rings is 6. The van der Waals surface area contributed by atoms with E-state index in [-0.39, 0.29) is 5.41 Å². The molecule has 4 fully saturated rings. The summed E-state index contributed by atoms with van der Waals surface area (Å²) in [5, 5.41) is 4.93. The van der Waals surface area contributed by atoms with E-state index in [9.17, 15) is 0 Å². The minimum atomic E-state index is 0.137. The van der Waals surface area contributed by atoms with E-state index in [4.69, 9.17) is 15.0 Å². The average molecular weight is 730 g/mol. The quantitative estimate of drug-likeness (QED) is 0.182. The summed E-state index contributed by atoms with van der Waals surface area (Å²) < 4.78 is 5.05. The first kappa shape index (κ1) is 30.1. The van der Waals surface area contributed by atoms with Crippen LogP contribution in [0.1, 0.15) is 43.2 Å². The topological polar surface area (TPSA) is 38.7 Å². The van der Waals surface area contributed by atoms with Gasteiger partial charge in [0, 0.05) is 62.4 Å². The van der Waals surface area contributed by atoms with Gasteiger partial charge in [0.05, 0.1) is 0 Å². The number of nitrogens with zero attached hydrogens (tertiary/aromatic N) is 3. The number of aromatic nitrogens is 3. The monoisotopic (exact) mass is 729 g/mol. The molecule has 0 unspecified atom stereocenters. The molecule has 0 radical (unpaired) electrons. The molecule has 0 N–H and O–H groups in total. The van der Waals surface area contributed by atoms with E-state index in [0.29, 0.717) is 0 Å². The Balaban J connectivity index is 1.06. The Morgan fingerprint density at radius 2 is 0.926 bits per heavy atom. The summed E-state index contributed by atoms with van der Waals surface area (Å²) in [6.45, 7) is 0. The van der Waals surface area contributed by atoms with Gasteiger partial charge in [-0.05, 0) is 108 Å². The Labute approximate surface area is 321 Å². The van der Waals surface area contributed by atoms with Crippen molar-refractivity contribution in [2.24, 2.45) is 23.7 Å². The molecule has 3 nitrogen and oxygen atoms in total. The lowest BCUT2D eigenvalue weighted by molar-refractivity contribution is -0.0399. The van der Waals surface area contributed by atoms with Crippen LogP contribution in [0.2, 0.25) is 0 Å². The van der Waals surface area contributed by atoms with Crippen molar-refractivity contribution < 1.29 is 0 Å². The van der Waals surface area contributed by atoms with Gasteiger partial charge in [-0.1, -0.05) is 97.1 Å². The van der Waals surface area contributed by atoms with E-state index in [1.165, 1.54) is 83.6 Å². The van der Waals surface area contributed by atoms with E-state index >= 15 is 0 Å². The fraction of sp³-hybridized carbons (Fsp3) is 0.204. The first-order valence-corrected chi connectivity index (χ1v) is 21.2. The van der Waals surface area contributed by atoms with Gasteiger partial charge < -0.3 is 0 Å². The van der Waals surface area contributed by atoms with Crippen molar-refractivity contribution in [1.82, 2.24) is 15.0 Å². The van der Waals surface area contributed by atoms with Crippen LogP contribution in [0.15, 0.2) is 127 Å². The highest BCUT2D eigenvalue weighted by Crippen LogP contribution is 2.69. The van der Waals surface area contributed by atoms with Gasteiger partial charge in [-0.15, -0.1) is 22.7 Å². The van der Waals surface area contributed by atoms with Gasteiger partial charge in [-0.2, -0.15) is 0 Å². The SMILES string of the molecule is c1ccc2c(c1)-c1cc(-c3nc(-c4cccc5sc6ccccc6c45)nc(-c4cccc5sc6ccccc6c45)n3)ccc1C21C2CC3CC(C2)CC1C3. The molecule has 4 bridgehead atoms. The first-order chi connectivity index (χ1) is 26.7. The van der Waals surface area contributed by atoms with Crippen molar-refractivity contribution in [2.45, 2.75) is 37.5 Å². The summed E-state index contributed by atoms with van der Waals surface area (Å²) in [4.78, 5) is 16.2. The molecule has 5 aliphatic rings. The fourth-order valence-corrected chi connectivity index (χ4v) is 14.2. The second-order valence-corrected chi connectivity index (χ2v) is 18.5. The second-order valence-electron chi connectivity index (χ2n) is 16.3. The van der Waals surface area contributed by atoms with E-state index in [1.54, 1.807) is 11.1 Å². The molecule has 54 heavy (non-hydrogen) atoms. The van der Waals surface area contributed by atoms with Gasteiger partial charge in [-0.3, -0.25) is 0 Å². The molecule has 5 aliphatic carbocycles. The zero-order valence-electron chi connectivity index (χ0n) is 29.6. The Morgan fingerprint density at radius 3 is 1.56 bits per heavy atom. The molecular weight excluding hydrogens is 695 g/mol. The van der Waals surface area contributed by atoms with E-state index < -0.39 is 0 Å². The third-order valence-electron chi connectivity index (χ3n) is 13.7. The van der Waals surface area contributed by atoms with Gasteiger partial charge in [0.1, 0.15) is 0 Å². The van der Waals surface area contributed by atoms with Crippen LogP contribution >= 0.6 is 22.7 Å². The van der Waals surface area contributed by atoms with Crippen LogP contribution in [-0.2, 0) is 5.41 Å².